The van der Waals surface area contributed by atoms with Crippen LogP contribution in [0.25, 0.3) is 0 Å². The van der Waals surface area contributed by atoms with Gasteiger partial charge >= 0.3 is 5.97 Å². The van der Waals surface area contributed by atoms with Crippen LogP contribution >= 0.6 is 0 Å². The molecule has 2 rings (SSSR count). The summed E-state index contributed by atoms with van der Waals surface area (Å²) >= 11 is 0. The van der Waals surface area contributed by atoms with Gasteiger partial charge in [-0.15, -0.1) is 0 Å². The van der Waals surface area contributed by atoms with Gasteiger partial charge in [-0.3, -0.25) is 4.79 Å². The summed E-state index contributed by atoms with van der Waals surface area (Å²) in [4.78, 5) is 23.9. The van der Waals surface area contributed by atoms with E-state index in [1.54, 1.807) is 38.3 Å². The molecule has 0 saturated carbocycles. The molecule has 0 fully saturated rings. The molecule has 0 atom stereocenters. The molecule has 0 spiro atoms. The second kappa shape index (κ2) is 9.32. The lowest BCUT2D eigenvalue weighted by Crippen LogP contribution is -2.28. The predicted octanol–water partition coefficient (Wildman–Crippen LogP) is 2.57. The first-order valence-electron chi connectivity index (χ1n) is 7.93. The van der Waals surface area contributed by atoms with Crippen LogP contribution in [0.3, 0.4) is 0 Å². The van der Waals surface area contributed by atoms with Gasteiger partial charge in [0.05, 0.1) is 13.7 Å². The molecule has 6 nitrogen and oxygen atoms in total. The molecule has 0 aliphatic rings. The van der Waals surface area contributed by atoms with E-state index in [2.05, 4.69) is 5.32 Å². The molecule has 0 bridgehead atoms. The molecule has 0 radical (unpaired) electrons. The fourth-order valence-electron chi connectivity index (χ4n) is 2.21. The quantitative estimate of drug-likeness (QED) is 0.746. The minimum Gasteiger partial charge on any atom is -0.496 e. The molecule has 1 N–H and O–H groups in total. The number of benzene rings is 2. The third-order valence-electron chi connectivity index (χ3n) is 3.41. The van der Waals surface area contributed by atoms with Crippen molar-refractivity contribution in [3.63, 3.8) is 0 Å². The maximum atomic E-state index is 12.0. The highest BCUT2D eigenvalue weighted by Gasteiger charge is 2.14. The van der Waals surface area contributed by atoms with Crippen LogP contribution < -0.4 is 14.8 Å². The minimum atomic E-state index is -0.479. The summed E-state index contributed by atoms with van der Waals surface area (Å²) in [5.74, 6) is 0.238. The fourth-order valence-corrected chi connectivity index (χ4v) is 2.21. The molecular weight excluding hydrogens is 322 g/mol. The van der Waals surface area contributed by atoms with Crippen LogP contribution in [-0.2, 0) is 16.1 Å². The van der Waals surface area contributed by atoms with Crippen molar-refractivity contribution < 1.29 is 23.8 Å². The largest absolute Gasteiger partial charge is 0.496 e. The fraction of sp³-hybridized carbons (Fsp3) is 0.263. The van der Waals surface area contributed by atoms with Crippen molar-refractivity contribution in [2.24, 2.45) is 0 Å². The summed E-state index contributed by atoms with van der Waals surface area (Å²) in [5, 5.41) is 2.76. The van der Waals surface area contributed by atoms with E-state index >= 15 is 0 Å². The summed E-state index contributed by atoms with van der Waals surface area (Å²) in [7, 11) is 1.58. The summed E-state index contributed by atoms with van der Waals surface area (Å²) in [6, 6.07) is 14.1. The molecule has 6 heteroatoms. The van der Waals surface area contributed by atoms with Gasteiger partial charge in [-0.1, -0.05) is 30.3 Å². The Morgan fingerprint density at radius 1 is 1.00 bits per heavy atom. The van der Waals surface area contributed by atoms with Gasteiger partial charge in [-0.05, 0) is 25.1 Å². The van der Waals surface area contributed by atoms with Crippen molar-refractivity contribution in [2.45, 2.75) is 13.5 Å². The van der Waals surface area contributed by atoms with Gasteiger partial charge < -0.3 is 19.5 Å². The number of methoxy groups -OCH3 is 1. The molecule has 25 heavy (non-hydrogen) atoms. The lowest BCUT2D eigenvalue weighted by molar-refractivity contribution is -0.123. The van der Waals surface area contributed by atoms with Gasteiger partial charge in [-0.2, -0.15) is 0 Å². The first-order valence-corrected chi connectivity index (χ1v) is 7.93. The lowest BCUT2D eigenvalue weighted by atomic mass is 10.2. The Hall–Kier alpha value is -3.02. The van der Waals surface area contributed by atoms with E-state index in [1.807, 2.05) is 24.3 Å². The minimum absolute atomic E-state index is 0.203. The number of nitrogens with one attached hydrogen (secondary N) is 1. The van der Waals surface area contributed by atoms with Gasteiger partial charge in [0.2, 0.25) is 0 Å². The van der Waals surface area contributed by atoms with E-state index < -0.39 is 5.97 Å². The molecule has 0 heterocycles. The zero-order valence-electron chi connectivity index (χ0n) is 14.3. The number of carbonyl (C=O) groups excluding carboxylic acids is 2. The number of ether oxygens (including phenoxy) is 3. The standard InChI is InChI=1S/C19H21NO5/c1-3-24-19(22)15-9-5-7-11-17(15)25-13-18(21)20-12-14-8-4-6-10-16(14)23-2/h4-11H,3,12-13H2,1-2H3,(H,20,21). The summed E-state index contributed by atoms with van der Waals surface area (Å²) < 4.78 is 15.7. The third-order valence-corrected chi connectivity index (χ3v) is 3.41. The Bertz CT molecular complexity index is 729. The topological polar surface area (TPSA) is 73.9 Å². The third kappa shape index (κ3) is 5.24. The van der Waals surface area contributed by atoms with Gasteiger partial charge in [0.25, 0.3) is 5.91 Å². The lowest BCUT2D eigenvalue weighted by Gasteiger charge is -2.12. The molecule has 0 aliphatic carbocycles. The van der Waals surface area contributed by atoms with E-state index in [4.69, 9.17) is 14.2 Å². The van der Waals surface area contributed by atoms with Gasteiger partial charge in [0.1, 0.15) is 17.1 Å². The van der Waals surface area contributed by atoms with Crippen molar-refractivity contribution in [3.8, 4) is 11.5 Å². The number of rotatable bonds is 8. The van der Waals surface area contributed by atoms with Crippen LogP contribution in [0.15, 0.2) is 48.5 Å². The van der Waals surface area contributed by atoms with E-state index in [-0.39, 0.29) is 19.1 Å². The highest BCUT2D eigenvalue weighted by Crippen LogP contribution is 2.19. The molecule has 0 aliphatic heterocycles. The number of para-hydroxylation sites is 2. The average molecular weight is 343 g/mol. The number of hydrogen-bond acceptors (Lipinski definition) is 5. The number of hydrogen-bond donors (Lipinski definition) is 1. The van der Waals surface area contributed by atoms with Gasteiger partial charge in [0, 0.05) is 12.1 Å². The Morgan fingerprint density at radius 3 is 2.40 bits per heavy atom. The Labute approximate surface area is 146 Å². The van der Waals surface area contributed by atoms with Crippen molar-refractivity contribution in [1.29, 1.82) is 0 Å². The Balaban J connectivity index is 1.91. The van der Waals surface area contributed by atoms with E-state index in [1.165, 1.54) is 0 Å². The Morgan fingerprint density at radius 2 is 1.68 bits per heavy atom. The van der Waals surface area contributed by atoms with Crippen LogP contribution in [0, 0.1) is 0 Å². The predicted molar refractivity (Wildman–Crippen MR) is 92.7 cm³/mol. The summed E-state index contributed by atoms with van der Waals surface area (Å²) in [5.41, 5.74) is 1.16. The monoisotopic (exact) mass is 343 g/mol. The zero-order valence-corrected chi connectivity index (χ0v) is 14.3. The molecule has 1 amide bonds. The second-order valence-corrected chi connectivity index (χ2v) is 5.09. The Kier molecular flexibility index (Phi) is 6.83. The highest BCUT2D eigenvalue weighted by molar-refractivity contribution is 5.92. The number of carbonyl (C=O) groups is 2. The smallest absolute Gasteiger partial charge is 0.341 e. The van der Waals surface area contributed by atoms with Crippen LogP contribution in [0.5, 0.6) is 11.5 Å². The number of amides is 1. The molecular formula is C19H21NO5. The first-order chi connectivity index (χ1) is 12.2. The first kappa shape index (κ1) is 18.3. The molecule has 2 aromatic carbocycles. The van der Waals surface area contributed by atoms with Crippen molar-refractivity contribution >= 4 is 11.9 Å². The average Bonchev–Trinajstić information content (AvgIpc) is 2.65. The zero-order chi connectivity index (χ0) is 18.1. The van der Waals surface area contributed by atoms with Crippen molar-refractivity contribution in [2.75, 3.05) is 20.3 Å². The SMILES string of the molecule is CCOC(=O)c1ccccc1OCC(=O)NCc1ccccc1OC. The van der Waals surface area contributed by atoms with Gasteiger partial charge in [0.15, 0.2) is 6.61 Å². The van der Waals surface area contributed by atoms with Crippen LogP contribution in [-0.4, -0.2) is 32.2 Å². The number of esters is 1. The highest BCUT2D eigenvalue weighted by atomic mass is 16.5. The molecule has 0 saturated heterocycles. The van der Waals surface area contributed by atoms with E-state index in [0.29, 0.717) is 23.6 Å². The maximum absolute atomic E-state index is 12.0. The summed E-state index contributed by atoms with van der Waals surface area (Å²) in [6.07, 6.45) is 0. The normalized spacial score (nSPS) is 10.0. The second-order valence-electron chi connectivity index (χ2n) is 5.09. The van der Waals surface area contributed by atoms with E-state index in [0.717, 1.165) is 5.56 Å². The van der Waals surface area contributed by atoms with Crippen molar-refractivity contribution in [1.82, 2.24) is 5.32 Å². The van der Waals surface area contributed by atoms with Crippen molar-refractivity contribution in [3.05, 3.63) is 59.7 Å². The molecule has 2 aromatic rings. The molecule has 132 valence electrons. The molecule has 0 unspecified atom stereocenters. The van der Waals surface area contributed by atoms with Crippen LogP contribution in [0.4, 0.5) is 0 Å². The maximum Gasteiger partial charge on any atom is 0.341 e. The van der Waals surface area contributed by atoms with Crippen LogP contribution in [0.2, 0.25) is 0 Å². The molecule has 0 aromatic heterocycles. The van der Waals surface area contributed by atoms with E-state index in [9.17, 15) is 9.59 Å². The summed E-state index contributed by atoms with van der Waals surface area (Å²) in [6.45, 7) is 2.12. The van der Waals surface area contributed by atoms with Gasteiger partial charge in [-0.25, -0.2) is 4.79 Å². The van der Waals surface area contributed by atoms with Crippen LogP contribution in [0.1, 0.15) is 22.8 Å².